The largest absolute Gasteiger partial charge is 0.383 e. The summed E-state index contributed by atoms with van der Waals surface area (Å²) in [6, 6.07) is 0.725. The summed E-state index contributed by atoms with van der Waals surface area (Å²) in [5.41, 5.74) is -0.585. The third-order valence-corrected chi connectivity index (χ3v) is 5.95. The Morgan fingerprint density at radius 1 is 1.19 bits per heavy atom. The molecule has 2 N–H and O–H groups in total. The van der Waals surface area contributed by atoms with Gasteiger partial charge in [0, 0.05) is 26.2 Å². The fraction of sp³-hybridized carbons (Fsp3) is 1.00. The van der Waals surface area contributed by atoms with E-state index < -0.39 is 15.7 Å². The van der Waals surface area contributed by atoms with E-state index in [9.17, 15) is 8.42 Å². The lowest BCUT2D eigenvalue weighted by Crippen LogP contribution is -2.54. The summed E-state index contributed by atoms with van der Waals surface area (Å²) in [6.45, 7) is 6.26. The van der Waals surface area contributed by atoms with Gasteiger partial charge >= 0.3 is 0 Å². The SMILES string of the molecule is COCC(C)(C)NS(=O)(=O)N1CCC(CNC2CC2)CC1. The van der Waals surface area contributed by atoms with Crippen LogP contribution in [0.3, 0.4) is 0 Å². The Balaban J connectivity index is 1.79. The summed E-state index contributed by atoms with van der Waals surface area (Å²) in [5.74, 6) is 0.601. The molecule has 21 heavy (non-hydrogen) atoms. The van der Waals surface area contributed by atoms with Crippen LogP contribution in [0, 0.1) is 5.92 Å². The number of nitrogens with zero attached hydrogens (tertiary/aromatic N) is 1. The van der Waals surface area contributed by atoms with Crippen LogP contribution in [0.4, 0.5) is 0 Å². The van der Waals surface area contributed by atoms with E-state index in [1.807, 2.05) is 13.8 Å². The molecule has 0 aromatic rings. The van der Waals surface area contributed by atoms with Crippen LogP contribution in [-0.4, -0.2) is 57.7 Å². The molecule has 0 radical (unpaired) electrons. The Bertz CT molecular complexity index is 427. The summed E-state index contributed by atoms with van der Waals surface area (Å²) in [6.07, 6.45) is 4.47. The van der Waals surface area contributed by atoms with Gasteiger partial charge in [-0.1, -0.05) is 0 Å². The predicted octanol–water partition coefficient (Wildman–Crippen LogP) is 0.710. The zero-order valence-corrected chi connectivity index (χ0v) is 14.2. The van der Waals surface area contributed by atoms with Crippen LogP contribution in [0.2, 0.25) is 0 Å². The minimum Gasteiger partial charge on any atom is -0.383 e. The third kappa shape index (κ3) is 5.49. The first-order valence-electron chi connectivity index (χ1n) is 7.84. The molecule has 1 heterocycles. The average molecular weight is 319 g/mol. The fourth-order valence-corrected chi connectivity index (χ4v) is 4.36. The van der Waals surface area contributed by atoms with Crippen LogP contribution >= 0.6 is 0 Å². The molecule has 1 aliphatic carbocycles. The molecule has 0 atom stereocenters. The first-order valence-corrected chi connectivity index (χ1v) is 9.28. The maximum Gasteiger partial charge on any atom is 0.280 e. The Hall–Kier alpha value is -0.210. The van der Waals surface area contributed by atoms with E-state index in [-0.39, 0.29) is 0 Å². The van der Waals surface area contributed by atoms with Gasteiger partial charge in [-0.05, 0) is 52.0 Å². The molecule has 1 saturated heterocycles. The maximum absolute atomic E-state index is 12.4. The molecule has 0 bridgehead atoms. The van der Waals surface area contributed by atoms with Crippen molar-refractivity contribution in [2.45, 2.75) is 51.1 Å². The second kappa shape index (κ2) is 6.91. The molecule has 1 saturated carbocycles. The highest BCUT2D eigenvalue weighted by molar-refractivity contribution is 7.87. The van der Waals surface area contributed by atoms with Gasteiger partial charge in [0.05, 0.1) is 12.1 Å². The van der Waals surface area contributed by atoms with Gasteiger partial charge in [0.15, 0.2) is 0 Å². The van der Waals surface area contributed by atoms with Crippen LogP contribution < -0.4 is 10.0 Å². The van der Waals surface area contributed by atoms with Crippen molar-refractivity contribution in [2.24, 2.45) is 5.92 Å². The summed E-state index contributed by atoms with van der Waals surface area (Å²) in [5, 5.41) is 3.53. The minimum atomic E-state index is -3.42. The quantitative estimate of drug-likeness (QED) is 0.691. The molecule has 0 aromatic carbocycles. The van der Waals surface area contributed by atoms with Gasteiger partial charge in [0.2, 0.25) is 0 Å². The number of ether oxygens (including phenoxy) is 1. The second-order valence-electron chi connectivity index (χ2n) is 6.95. The molecule has 1 aliphatic heterocycles. The summed E-state index contributed by atoms with van der Waals surface area (Å²) in [4.78, 5) is 0. The standard InChI is InChI=1S/C14H29N3O3S/c1-14(2,11-20-3)16-21(18,19)17-8-6-12(7-9-17)10-15-13-4-5-13/h12-13,15-16H,4-11H2,1-3H3. The van der Waals surface area contributed by atoms with Crippen LogP contribution in [0.15, 0.2) is 0 Å². The number of methoxy groups -OCH3 is 1. The van der Waals surface area contributed by atoms with E-state index >= 15 is 0 Å². The van der Waals surface area contributed by atoms with Gasteiger partial charge < -0.3 is 10.1 Å². The van der Waals surface area contributed by atoms with Gasteiger partial charge in [-0.2, -0.15) is 17.4 Å². The zero-order chi connectivity index (χ0) is 15.5. The smallest absolute Gasteiger partial charge is 0.280 e. The molecule has 7 heteroatoms. The Labute approximate surface area is 128 Å². The van der Waals surface area contributed by atoms with Crippen LogP contribution in [0.25, 0.3) is 0 Å². The van der Waals surface area contributed by atoms with E-state index in [2.05, 4.69) is 10.0 Å². The van der Waals surface area contributed by atoms with Gasteiger partial charge in [-0.15, -0.1) is 0 Å². The van der Waals surface area contributed by atoms with Gasteiger partial charge in [0.1, 0.15) is 0 Å². The summed E-state index contributed by atoms with van der Waals surface area (Å²) >= 11 is 0. The van der Waals surface area contributed by atoms with Crippen molar-refractivity contribution in [3.05, 3.63) is 0 Å². The van der Waals surface area contributed by atoms with E-state index in [4.69, 9.17) is 4.74 Å². The first-order chi connectivity index (χ1) is 9.82. The van der Waals surface area contributed by atoms with Crippen LogP contribution in [0.5, 0.6) is 0 Å². The van der Waals surface area contributed by atoms with E-state index in [0.29, 0.717) is 25.6 Å². The normalized spacial score (nSPS) is 22.6. The first kappa shape index (κ1) is 17.1. The summed E-state index contributed by atoms with van der Waals surface area (Å²) < 4.78 is 34.2. The third-order valence-electron chi connectivity index (χ3n) is 4.10. The van der Waals surface area contributed by atoms with Crippen LogP contribution in [0.1, 0.15) is 39.5 Å². The van der Waals surface area contributed by atoms with E-state index in [1.165, 1.54) is 12.8 Å². The number of hydrogen-bond donors (Lipinski definition) is 2. The Kier molecular flexibility index (Phi) is 5.65. The van der Waals surface area contributed by atoms with Crippen molar-refractivity contribution in [3.63, 3.8) is 0 Å². The Morgan fingerprint density at radius 2 is 1.81 bits per heavy atom. The molecular formula is C14H29N3O3S. The Morgan fingerprint density at radius 3 is 2.33 bits per heavy atom. The second-order valence-corrected chi connectivity index (χ2v) is 8.62. The number of piperidine rings is 1. The maximum atomic E-state index is 12.4. The zero-order valence-electron chi connectivity index (χ0n) is 13.4. The highest BCUT2D eigenvalue weighted by atomic mass is 32.2. The van der Waals surface area contributed by atoms with Crippen molar-refractivity contribution < 1.29 is 13.2 Å². The molecule has 2 fully saturated rings. The molecule has 0 spiro atoms. The van der Waals surface area contributed by atoms with Gasteiger partial charge in [-0.25, -0.2) is 0 Å². The number of nitrogens with one attached hydrogen (secondary N) is 2. The molecule has 0 unspecified atom stereocenters. The molecule has 2 aliphatic rings. The van der Waals surface area contributed by atoms with Crippen molar-refractivity contribution in [1.82, 2.24) is 14.3 Å². The van der Waals surface area contributed by atoms with Crippen molar-refractivity contribution >= 4 is 10.2 Å². The minimum absolute atomic E-state index is 0.355. The monoisotopic (exact) mass is 319 g/mol. The summed E-state index contributed by atoms with van der Waals surface area (Å²) in [7, 11) is -1.84. The predicted molar refractivity (Wildman–Crippen MR) is 83.3 cm³/mol. The van der Waals surface area contributed by atoms with E-state index in [1.54, 1.807) is 11.4 Å². The lowest BCUT2D eigenvalue weighted by molar-refractivity contribution is 0.139. The highest BCUT2D eigenvalue weighted by Crippen LogP contribution is 2.23. The van der Waals surface area contributed by atoms with Crippen molar-refractivity contribution in [1.29, 1.82) is 0 Å². The fourth-order valence-electron chi connectivity index (χ4n) is 2.78. The molecule has 6 nitrogen and oxygen atoms in total. The van der Waals surface area contributed by atoms with E-state index in [0.717, 1.165) is 25.4 Å². The lowest BCUT2D eigenvalue weighted by Gasteiger charge is -2.34. The molecule has 2 rings (SSSR count). The topological polar surface area (TPSA) is 70.7 Å². The number of rotatable bonds is 8. The number of hydrogen-bond acceptors (Lipinski definition) is 4. The van der Waals surface area contributed by atoms with Crippen LogP contribution in [-0.2, 0) is 14.9 Å². The molecule has 0 amide bonds. The van der Waals surface area contributed by atoms with Gasteiger partial charge in [0.25, 0.3) is 10.2 Å². The molecule has 0 aromatic heterocycles. The van der Waals surface area contributed by atoms with Crippen molar-refractivity contribution in [2.75, 3.05) is 33.4 Å². The van der Waals surface area contributed by atoms with Gasteiger partial charge in [-0.3, -0.25) is 0 Å². The molecular weight excluding hydrogens is 290 g/mol. The molecule has 124 valence electrons. The lowest BCUT2D eigenvalue weighted by atomic mass is 9.98. The highest BCUT2D eigenvalue weighted by Gasteiger charge is 2.33. The average Bonchev–Trinajstić information content (AvgIpc) is 3.19. The van der Waals surface area contributed by atoms with Crippen molar-refractivity contribution in [3.8, 4) is 0 Å².